The Morgan fingerprint density at radius 2 is 1.76 bits per heavy atom. The number of nitrogens with one attached hydrogen (secondary N) is 2. The summed E-state index contributed by atoms with van der Waals surface area (Å²) in [6, 6.07) is 14.3. The van der Waals surface area contributed by atoms with E-state index in [0.717, 1.165) is 5.56 Å². The van der Waals surface area contributed by atoms with Crippen molar-refractivity contribution in [2.75, 3.05) is 11.9 Å². The zero-order valence-corrected chi connectivity index (χ0v) is 12.1. The average Bonchev–Trinajstić information content (AvgIpc) is 2.48. The van der Waals surface area contributed by atoms with Crippen LogP contribution in [0.4, 0.5) is 5.69 Å². The van der Waals surface area contributed by atoms with Crippen LogP contribution >= 0.6 is 0 Å². The van der Waals surface area contributed by atoms with Gasteiger partial charge in [-0.1, -0.05) is 24.3 Å². The van der Waals surface area contributed by atoms with Gasteiger partial charge in [0, 0.05) is 23.4 Å². The summed E-state index contributed by atoms with van der Waals surface area (Å²) in [5.74, 6) is -0.328. The highest BCUT2D eigenvalue weighted by Crippen LogP contribution is 2.14. The average molecular weight is 282 g/mol. The fourth-order valence-electron chi connectivity index (χ4n) is 2.03. The maximum absolute atomic E-state index is 12.2. The lowest BCUT2D eigenvalue weighted by molar-refractivity contribution is 0.0954. The third-order valence-corrected chi connectivity index (χ3v) is 3.11. The second-order valence-corrected chi connectivity index (χ2v) is 4.71. The van der Waals surface area contributed by atoms with Gasteiger partial charge < -0.3 is 10.6 Å². The molecule has 21 heavy (non-hydrogen) atoms. The highest BCUT2D eigenvalue weighted by atomic mass is 16.2. The molecule has 0 atom stereocenters. The van der Waals surface area contributed by atoms with Crippen molar-refractivity contribution in [3.63, 3.8) is 0 Å². The maximum Gasteiger partial charge on any atom is 0.255 e. The normalized spacial score (nSPS) is 10.0. The van der Waals surface area contributed by atoms with Gasteiger partial charge in [0.15, 0.2) is 0 Å². The largest absolute Gasteiger partial charge is 0.352 e. The first kappa shape index (κ1) is 14.8. The highest BCUT2D eigenvalue weighted by molar-refractivity contribution is 6.06. The lowest BCUT2D eigenvalue weighted by Gasteiger charge is -2.09. The molecule has 0 aliphatic heterocycles. The highest BCUT2D eigenvalue weighted by Gasteiger charge is 2.10. The van der Waals surface area contributed by atoms with Gasteiger partial charge in [-0.25, -0.2) is 0 Å². The van der Waals surface area contributed by atoms with Crippen LogP contribution in [-0.4, -0.2) is 18.4 Å². The molecule has 4 nitrogen and oxygen atoms in total. The zero-order chi connectivity index (χ0) is 15.2. The third-order valence-electron chi connectivity index (χ3n) is 3.11. The summed E-state index contributed by atoms with van der Waals surface area (Å²) in [7, 11) is 0. The lowest BCUT2D eigenvalue weighted by Crippen LogP contribution is -2.22. The minimum Gasteiger partial charge on any atom is -0.352 e. The molecule has 0 aliphatic carbocycles. The first-order valence-corrected chi connectivity index (χ1v) is 6.87. The molecule has 0 spiro atoms. The number of hydrogen-bond donors (Lipinski definition) is 2. The molecular weight excluding hydrogens is 264 g/mol. The Balaban J connectivity index is 2.17. The number of amides is 2. The molecule has 0 heterocycles. The van der Waals surface area contributed by atoms with Crippen LogP contribution in [-0.2, 0) is 0 Å². The predicted octanol–water partition coefficient (Wildman–Crippen LogP) is 3.00. The summed E-state index contributed by atoms with van der Waals surface area (Å²) in [5, 5.41) is 5.55. The van der Waals surface area contributed by atoms with Crippen molar-refractivity contribution in [2.24, 2.45) is 0 Å². The molecule has 0 saturated heterocycles. The molecule has 2 aromatic carbocycles. The van der Waals surface area contributed by atoms with Gasteiger partial charge in [0.1, 0.15) is 0 Å². The van der Waals surface area contributed by atoms with E-state index in [4.69, 9.17) is 0 Å². The van der Waals surface area contributed by atoms with Crippen molar-refractivity contribution in [3.05, 3.63) is 65.2 Å². The van der Waals surface area contributed by atoms with Crippen molar-refractivity contribution < 1.29 is 9.59 Å². The van der Waals surface area contributed by atoms with Crippen LogP contribution in [0, 0.1) is 6.92 Å². The molecular formula is C17H18N2O2. The molecule has 2 N–H and O–H groups in total. The Hall–Kier alpha value is -2.62. The summed E-state index contributed by atoms with van der Waals surface area (Å²) in [6.45, 7) is 4.32. The fourth-order valence-corrected chi connectivity index (χ4v) is 2.03. The SMILES string of the molecule is CCNC(=O)c1cccc(NC(=O)c2ccccc2C)c1. The van der Waals surface area contributed by atoms with Crippen molar-refractivity contribution >= 4 is 17.5 Å². The van der Waals surface area contributed by atoms with Gasteiger partial charge in [-0.2, -0.15) is 0 Å². The molecule has 0 saturated carbocycles. The van der Waals surface area contributed by atoms with E-state index < -0.39 is 0 Å². The summed E-state index contributed by atoms with van der Waals surface area (Å²) in [5.41, 5.74) is 2.67. The Labute approximate surface area is 124 Å². The van der Waals surface area contributed by atoms with Crippen LogP contribution in [0.5, 0.6) is 0 Å². The van der Waals surface area contributed by atoms with Crippen molar-refractivity contribution in [2.45, 2.75) is 13.8 Å². The molecule has 0 aliphatic rings. The van der Waals surface area contributed by atoms with Crippen molar-refractivity contribution in [1.82, 2.24) is 5.32 Å². The molecule has 108 valence electrons. The molecule has 0 unspecified atom stereocenters. The predicted molar refractivity (Wildman–Crippen MR) is 83.6 cm³/mol. The standard InChI is InChI=1S/C17H18N2O2/c1-3-18-16(20)13-8-6-9-14(11-13)19-17(21)15-10-5-4-7-12(15)2/h4-11H,3H2,1-2H3,(H,18,20)(H,19,21). The molecule has 0 bridgehead atoms. The fraction of sp³-hybridized carbons (Fsp3) is 0.176. The summed E-state index contributed by atoms with van der Waals surface area (Å²) < 4.78 is 0. The Bertz CT molecular complexity index is 665. The maximum atomic E-state index is 12.2. The van der Waals surface area contributed by atoms with Gasteiger partial charge in [0.05, 0.1) is 0 Å². The van der Waals surface area contributed by atoms with Crippen LogP contribution in [0.15, 0.2) is 48.5 Å². The lowest BCUT2D eigenvalue weighted by atomic mass is 10.1. The number of anilines is 1. The molecule has 0 aromatic heterocycles. The van der Waals surface area contributed by atoms with E-state index in [9.17, 15) is 9.59 Å². The van der Waals surface area contributed by atoms with Gasteiger partial charge in [-0.3, -0.25) is 9.59 Å². The first-order chi connectivity index (χ1) is 10.1. The number of aryl methyl sites for hydroxylation is 1. The van der Waals surface area contributed by atoms with E-state index in [0.29, 0.717) is 23.4 Å². The number of carbonyl (C=O) groups is 2. The second-order valence-electron chi connectivity index (χ2n) is 4.71. The third kappa shape index (κ3) is 3.69. The van der Waals surface area contributed by atoms with Crippen LogP contribution in [0.2, 0.25) is 0 Å². The second kappa shape index (κ2) is 6.70. The van der Waals surface area contributed by atoms with E-state index in [1.54, 1.807) is 30.3 Å². The Kier molecular flexibility index (Phi) is 4.72. The van der Waals surface area contributed by atoms with Gasteiger partial charge in [-0.15, -0.1) is 0 Å². The molecule has 2 rings (SSSR count). The summed E-state index contributed by atoms with van der Waals surface area (Å²) >= 11 is 0. The van der Waals surface area contributed by atoms with Crippen LogP contribution < -0.4 is 10.6 Å². The zero-order valence-electron chi connectivity index (χ0n) is 12.1. The number of hydrogen-bond acceptors (Lipinski definition) is 2. The summed E-state index contributed by atoms with van der Waals surface area (Å²) in [4.78, 5) is 24.0. The quantitative estimate of drug-likeness (QED) is 0.905. The van der Waals surface area contributed by atoms with Gasteiger partial charge >= 0.3 is 0 Å². The van der Waals surface area contributed by atoms with E-state index in [-0.39, 0.29) is 11.8 Å². The van der Waals surface area contributed by atoms with Gasteiger partial charge in [0.25, 0.3) is 11.8 Å². The van der Waals surface area contributed by atoms with Crippen LogP contribution in [0.1, 0.15) is 33.2 Å². The molecule has 0 fully saturated rings. The molecule has 0 radical (unpaired) electrons. The van der Waals surface area contributed by atoms with Gasteiger partial charge in [-0.05, 0) is 43.7 Å². The minimum absolute atomic E-state index is 0.149. The summed E-state index contributed by atoms with van der Waals surface area (Å²) in [6.07, 6.45) is 0. The molecule has 2 aromatic rings. The van der Waals surface area contributed by atoms with E-state index in [2.05, 4.69) is 10.6 Å². The first-order valence-electron chi connectivity index (χ1n) is 6.87. The molecule has 4 heteroatoms. The van der Waals surface area contributed by atoms with Gasteiger partial charge in [0.2, 0.25) is 0 Å². The van der Waals surface area contributed by atoms with Crippen molar-refractivity contribution in [3.8, 4) is 0 Å². The Morgan fingerprint density at radius 1 is 1.00 bits per heavy atom. The Morgan fingerprint density at radius 3 is 2.48 bits per heavy atom. The number of benzene rings is 2. The monoisotopic (exact) mass is 282 g/mol. The van der Waals surface area contributed by atoms with E-state index >= 15 is 0 Å². The van der Waals surface area contributed by atoms with Crippen LogP contribution in [0.3, 0.4) is 0 Å². The van der Waals surface area contributed by atoms with Crippen LogP contribution in [0.25, 0.3) is 0 Å². The van der Waals surface area contributed by atoms with Crippen molar-refractivity contribution in [1.29, 1.82) is 0 Å². The minimum atomic E-state index is -0.179. The van der Waals surface area contributed by atoms with E-state index in [1.807, 2.05) is 32.0 Å². The molecule has 2 amide bonds. The number of rotatable bonds is 4. The number of carbonyl (C=O) groups excluding carboxylic acids is 2. The van der Waals surface area contributed by atoms with E-state index in [1.165, 1.54) is 0 Å². The topological polar surface area (TPSA) is 58.2 Å². The smallest absolute Gasteiger partial charge is 0.255 e.